The van der Waals surface area contributed by atoms with Crippen molar-refractivity contribution in [3.63, 3.8) is 0 Å². The average Bonchev–Trinajstić information content (AvgIpc) is 3.47. The fourth-order valence-electron chi connectivity index (χ4n) is 8.79. The number of unbranched alkanes of at least 4 members (excludes halogenated alkanes) is 1. The van der Waals surface area contributed by atoms with Crippen LogP contribution < -0.4 is 0 Å². The van der Waals surface area contributed by atoms with E-state index in [-0.39, 0.29) is 0 Å². The van der Waals surface area contributed by atoms with Crippen LogP contribution in [0.1, 0.15) is 105 Å². The molecule has 0 aromatic rings. The highest BCUT2D eigenvalue weighted by Crippen LogP contribution is 2.67. The zero-order valence-corrected chi connectivity index (χ0v) is 19.7. The summed E-state index contributed by atoms with van der Waals surface area (Å²) in [7, 11) is 0. The Kier molecular flexibility index (Phi) is 5.32. The van der Waals surface area contributed by atoms with Crippen molar-refractivity contribution in [2.24, 2.45) is 46.3 Å². The highest BCUT2D eigenvalue weighted by molar-refractivity contribution is 5.43. The first-order valence-corrected chi connectivity index (χ1v) is 13.2. The Morgan fingerprint density at radius 3 is 2.59 bits per heavy atom. The molecule has 0 aromatic heterocycles. The highest BCUT2D eigenvalue weighted by Gasteiger charge is 2.58. The van der Waals surface area contributed by atoms with Crippen molar-refractivity contribution < 1.29 is 0 Å². The Balaban J connectivity index is 1.28. The van der Waals surface area contributed by atoms with Crippen LogP contribution in [-0.2, 0) is 0 Å². The van der Waals surface area contributed by atoms with E-state index in [2.05, 4.69) is 46.3 Å². The van der Waals surface area contributed by atoms with E-state index in [9.17, 15) is 0 Å². The first-order valence-electron chi connectivity index (χ1n) is 13.2. The van der Waals surface area contributed by atoms with Crippen LogP contribution in [0.5, 0.6) is 0 Å². The summed E-state index contributed by atoms with van der Waals surface area (Å²) < 4.78 is 0. The summed E-state index contributed by atoms with van der Waals surface area (Å²) in [6, 6.07) is 0. The number of hydrogen-bond donors (Lipinski definition) is 0. The van der Waals surface area contributed by atoms with Crippen LogP contribution in [0.3, 0.4) is 0 Å². The summed E-state index contributed by atoms with van der Waals surface area (Å²) in [6.07, 6.45) is 25.2. The van der Waals surface area contributed by atoms with E-state index < -0.39 is 0 Å². The van der Waals surface area contributed by atoms with E-state index in [4.69, 9.17) is 0 Å². The standard InChI is InChI=1S/C29H45/c1-20(2)7-5-6-8-23-12-14-26-25-13-11-24-19-22(21-9-10-21)15-17-29(24,4)27(25)16-18-28(23,26)3/h9-11,20,22-23,25-27H,5-8,12-19H2,1-4H3/t22-,23-,25-,26?,27?,28+,29-/m0/s1. The quantitative estimate of drug-likeness (QED) is 0.313. The summed E-state index contributed by atoms with van der Waals surface area (Å²) in [6.45, 7) is 10.2. The fraction of sp³-hybridized carbons (Fsp3) is 0.828. The molecule has 0 aliphatic heterocycles. The van der Waals surface area contributed by atoms with Crippen LogP contribution in [0.4, 0.5) is 0 Å². The zero-order valence-electron chi connectivity index (χ0n) is 19.7. The van der Waals surface area contributed by atoms with Crippen molar-refractivity contribution >= 4 is 0 Å². The maximum Gasteiger partial charge on any atom is 0.00833 e. The van der Waals surface area contributed by atoms with Gasteiger partial charge in [0, 0.05) is 6.42 Å². The van der Waals surface area contributed by atoms with Gasteiger partial charge in [0.2, 0.25) is 0 Å². The molecule has 5 rings (SSSR count). The lowest BCUT2D eigenvalue weighted by molar-refractivity contribution is -0.0445. The van der Waals surface area contributed by atoms with Gasteiger partial charge >= 0.3 is 0 Å². The maximum absolute atomic E-state index is 2.76. The highest BCUT2D eigenvalue weighted by atomic mass is 14.6. The minimum Gasteiger partial charge on any atom is -0.0845 e. The molecule has 3 saturated carbocycles. The number of rotatable bonds is 6. The fourth-order valence-corrected chi connectivity index (χ4v) is 8.79. The summed E-state index contributed by atoms with van der Waals surface area (Å²) in [5, 5.41) is 0. The zero-order chi connectivity index (χ0) is 20.2. The first-order chi connectivity index (χ1) is 13.9. The molecule has 5 aliphatic rings. The van der Waals surface area contributed by atoms with Crippen molar-refractivity contribution in [2.45, 2.75) is 105 Å². The van der Waals surface area contributed by atoms with E-state index in [1.807, 2.05) is 5.57 Å². The molecular formula is C29H45. The second kappa shape index (κ2) is 7.56. The van der Waals surface area contributed by atoms with Gasteiger partial charge in [-0.1, -0.05) is 70.3 Å². The predicted octanol–water partition coefficient (Wildman–Crippen LogP) is 8.54. The Bertz CT molecular complexity index is 680. The molecule has 0 nitrogen and oxygen atoms in total. The lowest BCUT2D eigenvalue weighted by Gasteiger charge is -2.58. The predicted molar refractivity (Wildman–Crippen MR) is 124 cm³/mol. The summed E-state index contributed by atoms with van der Waals surface area (Å²) in [4.78, 5) is 0. The van der Waals surface area contributed by atoms with Gasteiger partial charge in [-0.3, -0.25) is 0 Å². The molecule has 29 heavy (non-hydrogen) atoms. The van der Waals surface area contributed by atoms with Gasteiger partial charge in [0.15, 0.2) is 0 Å². The van der Waals surface area contributed by atoms with Crippen molar-refractivity contribution in [1.29, 1.82) is 0 Å². The van der Waals surface area contributed by atoms with Crippen molar-refractivity contribution in [3.8, 4) is 0 Å². The van der Waals surface area contributed by atoms with Crippen LogP contribution in [0.25, 0.3) is 0 Å². The van der Waals surface area contributed by atoms with Crippen molar-refractivity contribution in [1.82, 2.24) is 0 Å². The molecule has 0 spiro atoms. The molecule has 3 fully saturated rings. The van der Waals surface area contributed by atoms with Gasteiger partial charge in [0.05, 0.1) is 0 Å². The van der Waals surface area contributed by atoms with Crippen molar-refractivity contribution in [2.75, 3.05) is 0 Å². The molecule has 2 unspecified atom stereocenters. The Morgan fingerprint density at radius 1 is 1.00 bits per heavy atom. The van der Waals surface area contributed by atoms with Crippen LogP contribution in [0, 0.1) is 52.8 Å². The molecule has 0 heterocycles. The molecule has 7 atom stereocenters. The van der Waals surface area contributed by atoms with Gasteiger partial charge in [-0.25, -0.2) is 0 Å². The third-order valence-electron chi connectivity index (χ3n) is 10.7. The van der Waals surface area contributed by atoms with Gasteiger partial charge in [-0.15, -0.1) is 0 Å². The summed E-state index contributed by atoms with van der Waals surface area (Å²) in [5.74, 6) is 5.76. The Labute approximate surface area is 181 Å². The van der Waals surface area contributed by atoms with Gasteiger partial charge in [0.25, 0.3) is 0 Å². The Morgan fingerprint density at radius 2 is 1.83 bits per heavy atom. The van der Waals surface area contributed by atoms with Gasteiger partial charge < -0.3 is 0 Å². The van der Waals surface area contributed by atoms with E-state index in [0.29, 0.717) is 10.8 Å². The molecule has 1 radical (unpaired) electrons. The molecule has 0 bridgehead atoms. The lowest BCUT2D eigenvalue weighted by Crippen LogP contribution is -2.50. The SMILES string of the molecule is CC(C)CCCC[C@H]1CCC2[C@@H]3CC=C4C[C@@H](C5=C[CH]5)CC[C@]4(C)C3CC[C@@]21C. The first kappa shape index (κ1) is 20.4. The van der Waals surface area contributed by atoms with Crippen LogP contribution in [0.2, 0.25) is 0 Å². The number of fused-ring (bicyclic) bond motifs is 5. The smallest absolute Gasteiger partial charge is 0.00833 e. The molecule has 0 amide bonds. The van der Waals surface area contributed by atoms with Crippen molar-refractivity contribution in [3.05, 3.63) is 29.7 Å². The average molecular weight is 394 g/mol. The van der Waals surface area contributed by atoms with E-state index in [1.165, 1.54) is 77.0 Å². The second-order valence-corrected chi connectivity index (χ2v) is 12.5. The lowest BCUT2D eigenvalue weighted by atomic mass is 9.47. The van der Waals surface area contributed by atoms with Gasteiger partial charge in [-0.05, 0) is 104 Å². The molecule has 0 aromatic carbocycles. The molecule has 0 N–H and O–H groups in total. The molecule has 161 valence electrons. The second-order valence-electron chi connectivity index (χ2n) is 12.5. The minimum absolute atomic E-state index is 0.533. The van der Waals surface area contributed by atoms with E-state index in [0.717, 1.165) is 35.5 Å². The van der Waals surface area contributed by atoms with Gasteiger partial charge in [-0.2, -0.15) is 0 Å². The largest absolute Gasteiger partial charge is 0.0845 e. The molecule has 0 saturated heterocycles. The normalized spacial score (nSPS) is 45.9. The molecule has 5 aliphatic carbocycles. The molecule has 0 heteroatoms. The van der Waals surface area contributed by atoms with E-state index in [1.54, 1.807) is 5.57 Å². The third kappa shape index (κ3) is 3.49. The monoisotopic (exact) mass is 393 g/mol. The number of hydrogen-bond acceptors (Lipinski definition) is 0. The Hall–Kier alpha value is -0.520. The maximum atomic E-state index is 2.76. The van der Waals surface area contributed by atoms with Crippen LogP contribution in [0.15, 0.2) is 23.3 Å². The number of allylic oxidation sites excluding steroid dienone is 4. The topological polar surface area (TPSA) is 0 Å². The van der Waals surface area contributed by atoms with Crippen LogP contribution in [-0.4, -0.2) is 0 Å². The summed E-state index contributed by atoms with van der Waals surface area (Å²) >= 11 is 0. The van der Waals surface area contributed by atoms with E-state index >= 15 is 0 Å². The van der Waals surface area contributed by atoms with Crippen LogP contribution >= 0.6 is 0 Å². The van der Waals surface area contributed by atoms with Gasteiger partial charge in [0.1, 0.15) is 0 Å². The minimum atomic E-state index is 0.533. The molecular weight excluding hydrogens is 348 g/mol. The third-order valence-corrected chi connectivity index (χ3v) is 10.7. The summed E-state index contributed by atoms with van der Waals surface area (Å²) in [5.41, 5.74) is 4.72.